The highest BCUT2D eigenvalue weighted by molar-refractivity contribution is 7.11. The van der Waals surface area contributed by atoms with Gasteiger partial charge in [-0.05, 0) is 24.9 Å². The van der Waals surface area contributed by atoms with E-state index in [2.05, 4.69) is 42.2 Å². The van der Waals surface area contributed by atoms with Gasteiger partial charge in [0.25, 0.3) is 0 Å². The number of aromatic nitrogens is 1. The molecular weight excluding hydrogens is 266 g/mol. The molecule has 2 heterocycles. The van der Waals surface area contributed by atoms with Crippen LogP contribution in [0.1, 0.15) is 37.1 Å². The molecule has 0 radical (unpaired) electrons. The average Bonchev–Trinajstić information content (AvgIpc) is 2.56. The van der Waals surface area contributed by atoms with E-state index in [1.165, 1.54) is 22.9 Å². The molecule has 1 aromatic heterocycles. The van der Waals surface area contributed by atoms with Crippen molar-refractivity contribution in [3.8, 4) is 0 Å². The summed E-state index contributed by atoms with van der Waals surface area (Å²) >= 11 is 1.87. The molecule has 1 aliphatic rings. The van der Waals surface area contributed by atoms with Gasteiger partial charge in [-0.2, -0.15) is 0 Å². The summed E-state index contributed by atoms with van der Waals surface area (Å²) in [5.41, 5.74) is 0.232. The molecule has 0 unspecified atom stereocenters. The average molecular weight is 290 g/mol. The van der Waals surface area contributed by atoms with E-state index < -0.39 is 0 Å². The number of thiazole rings is 1. The van der Waals surface area contributed by atoms with Crippen LogP contribution in [0.4, 0.5) is 0 Å². The lowest BCUT2D eigenvalue weighted by molar-refractivity contribution is 0.284. The van der Waals surface area contributed by atoms with E-state index >= 15 is 0 Å². The Morgan fingerprint density at radius 1 is 1.33 bits per heavy atom. The van der Waals surface area contributed by atoms with Crippen molar-refractivity contribution < 1.29 is 0 Å². The van der Waals surface area contributed by atoms with Gasteiger partial charge in [0.1, 0.15) is 5.01 Å². The highest BCUT2D eigenvalue weighted by atomic mass is 35.5. The lowest BCUT2D eigenvalue weighted by Gasteiger charge is -2.18. The Morgan fingerprint density at radius 2 is 2.11 bits per heavy atom. The lowest BCUT2D eigenvalue weighted by atomic mass is 9.96. The van der Waals surface area contributed by atoms with Crippen molar-refractivity contribution in [2.75, 3.05) is 26.2 Å². The molecule has 0 saturated carbocycles. The van der Waals surface area contributed by atoms with Gasteiger partial charge in [0, 0.05) is 24.2 Å². The first-order chi connectivity index (χ1) is 8.05. The van der Waals surface area contributed by atoms with Crippen LogP contribution >= 0.6 is 23.7 Å². The summed E-state index contributed by atoms with van der Waals surface area (Å²) in [6.45, 7) is 12.4. The van der Waals surface area contributed by atoms with Crippen molar-refractivity contribution in [3.05, 3.63) is 16.1 Å². The van der Waals surface area contributed by atoms with Crippen LogP contribution in [0, 0.1) is 0 Å². The second kappa shape index (κ2) is 6.85. The van der Waals surface area contributed by atoms with E-state index in [1.807, 2.05) is 11.3 Å². The minimum atomic E-state index is 0. The van der Waals surface area contributed by atoms with Crippen molar-refractivity contribution in [2.24, 2.45) is 0 Å². The summed E-state index contributed by atoms with van der Waals surface area (Å²) in [6, 6.07) is 0. The number of rotatable bonds is 2. The van der Waals surface area contributed by atoms with Crippen molar-refractivity contribution in [2.45, 2.75) is 39.2 Å². The van der Waals surface area contributed by atoms with E-state index in [1.54, 1.807) is 0 Å². The normalized spacial score (nSPS) is 18.2. The summed E-state index contributed by atoms with van der Waals surface area (Å²) in [4.78, 5) is 8.46. The molecule has 1 aromatic rings. The van der Waals surface area contributed by atoms with Crippen LogP contribution in [0.5, 0.6) is 0 Å². The third kappa shape index (κ3) is 4.50. The fourth-order valence-corrected chi connectivity index (χ4v) is 3.00. The molecule has 2 rings (SSSR count). The van der Waals surface area contributed by atoms with Gasteiger partial charge in [-0.1, -0.05) is 20.8 Å². The topological polar surface area (TPSA) is 28.2 Å². The van der Waals surface area contributed by atoms with E-state index in [4.69, 9.17) is 0 Å². The van der Waals surface area contributed by atoms with Gasteiger partial charge in [0.2, 0.25) is 0 Å². The highest BCUT2D eigenvalue weighted by Crippen LogP contribution is 2.28. The SMILES string of the molecule is CC(C)(C)c1cnc(CN2CCCNCC2)s1.Cl. The zero-order valence-electron chi connectivity index (χ0n) is 11.5. The maximum absolute atomic E-state index is 4.56. The minimum Gasteiger partial charge on any atom is -0.315 e. The molecule has 0 aromatic carbocycles. The van der Waals surface area contributed by atoms with Crippen LogP contribution in [0.3, 0.4) is 0 Å². The smallest absolute Gasteiger partial charge is 0.107 e. The summed E-state index contributed by atoms with van der Waals surface area (Å²) in [7, 11) is 0. The first-order valence-electron chi connectivity index (χ1n) is 6.44. The van der Waals surface area contributed by atoms with Crippen molar-refractivity contribution in [1.29, 1.82) is 0 Å². The Kier molecular flexibility index (Phi) is 6.05. The first kappa shape index (κ1) is 15.9. The summed E-state index contributed by atoms with van der Waals surface area (Å²) < 4.78 is 0. The van der Waals surface area contributed by atoms with Gasteiger partial charge in [-0.25, -0.2) is 4.98 Å². The van der Waals surface area contributed by atoms with Crippen LogP contribution in [-0.4, -0.2) is 36.1 Å². The quantitative estimate of drug-likeness (QED) is 0.907. The standard InChI is InChI=1S/C13H23N3S.ClH/c1-13(2,3)11-9-15-12(17-11)10-16-7-4-5-14-6-8-16;/h9,14H,4-8,10H2,1-3H3;1H. The third-order valence-corrected chi connectivity index (χ3v) is 4.49. The summed E-state index contributed by atoms with van der Waals surface area (Å²) in [5, 5.41) is 4.69. The first-order valence-corrected chi connectivity index (χ1v) is 7.25. The number of hydrogen-bond donors (Lipinski definition) is 1. The Morgan fingerprint density at radius 3 is 2.78 bits per heavy atom. The second-order valence-electron chi connectivity index (χ2n) is 5.75. The van der Waals surface area contributed by atoms with Crippen LogP contribution in [0.25, 0.3) is 0 Å². The van der Waals surface area contributed by atoms with Gasteiger partial charge in [-0.15, -0.1) is 23.7 Å². The molecule has 1 aliphatic heterocycles. The largest absolute Gasteiger partial charge is 0.315 e. The van der Waals surface area contributed by atoms with Gasteiger partial charge < -0.3 is 5.32 Å². The fourth-order valence-electron chi connectivity index (χ4n) is 1.98. The molecule has 5 heteroatoms. The Bertz CT molecular complexity index is 351. The van der Waals surface area contributed by atoms with E-state index in [0.717, 1.165) is 26.2 Å². The molecule has 0 spiro atoms. The predicted octanol–water partition coefficient (Wildman–Crippen LogP) is 2.66. The van der Waals surface area contributed by atoms with E-state index in [9.17, 15) is 0 Å². The van der Waals surface area contributed by atoms with Gasteiger partial charge in [0.05, 0.1) is 6.54 Å². The maximum atomic E-state index is 4.56. The molecule has 1 saturated heterocycles. The molecule has 1 fully saturated rings. The van der Waals surface area contributed by atoms with Crippen LogP contribution in [0.15, 0.2) is 6.20 Å². The molecule has 0 amide bonds. The Balaban J connectivity index is 0.00000162. The number of nitrogens with zero attached hydrogens (tertiary/aromatic N) is 2. The highest BCUT2D eigenvalue weighted by Gasteiger charge is 2.18. The van der Waals surface area contributed by atoms with Crippen LogP contribution < -0.4 is 5.32 Å². The third-order valence-electron chi connectivity index (χ3n) is 3.08. The molecule has 3 nitrogen and oxygen atoms in total. The molecular formula is C13H24ClN3S. The van der Waals surface area contributed by atoms with Crippen LogP contribution in [-0.2, 0) is 12.0 Å². The van der Waals surface area contributed by atoms with Crippen LogP contribution in [0.2, 0.25) is 0 Å². The molecule has 0 atom stereocenters. The summed E-state index contributed by atoms with van der Waals surface area (Å²) in [6.07, 6.45) is 3.30. The van der Waals surface area contributed by atoms with E-state index in [0.29, 0.717) is 0 Å². The fraction of sp³-hybridized carbons (Fsp3) is 0.769. The zero-order valence-corrected chi connectivity index (χ0v) is 13.2. The molecule has 0 aliphatic carbocycles. The number of nitrogens with one attached hydrogen (secondary N) is 1. The molecule has 104 valence electrons. The molecule has 0 bridgehead atoms. The summed E-state index contributed by atoms with van der Waals surface area (Å²) in [5.74, 6) is 0. The van der Waals surface area contributed by atoms with Gasteiger partial charge >= 0.3 is 0 Å². The second-order valence-corrected chi connectivity index (χ2v) is 6.86. The van der Waals surface area contributed by atoms with E-state index in [-0.39, 0.29) is 17.8 Å². The van der Waals surface area contributed by atoms with Gasteiger partial charge in [0.15, 0.2) is 0 Å². The van der Waals surface area contributed by atoms with Crippen molar-refractivity contribution in [1.82, 2.24) is 15.2 Å². The van der Waals surface area contributed by atoms with Crippen molar-refractivity contribution in [3.63, 3.8) is 0 Å². The van der Waals surface area contributed by atoms with Crippen molar-refractivity contribution >= 4 is 23.7 Å². The lowest BCUT2D eigenvalue weighted by Crippen LogP contribution is -2.27. The Hall–Kier alpha value is -0.160. The monoisotopic (exact) mass is 289 g/mol. The number of hydrogen-bond acceptors (Lipinski definition) is 4. The predicted molar refractivity (Wildman–Crippen MR) is 80.8 cm³/mol. The maximum Gasteiger partial charge on any atom is 0.107 e. The minimum absolute atomic E-state index is 0. The molecule has 18 heavy (non-hydrogen) atoms. The number of halogens is 1. The Labute approximate surface area is 120 Å². The molecule has 1 N–H and O–H groups in total. The van der Waals surface area contributed by atoms with Gasteiger partial charge in [-0.3, -0.25) is 4.90 Å². The zero-order chi connectivity index (χ0) is 12.3.